The Kier molecular flexibility index (Phi) is 14.0. The van der Waals surface area contributed by atoms with Crippen LogP contribution in [0.5, 0.6) is 0 Å². The minimum atomic E-state index is 1.05. The van der Waals surface area contributed by atoms with Crippen molar-refractivity contribution < 1.29 is 0 Å². The standard InChI is InChI=1S/C47H59N3/c1-6-48(7-2)43-30-20-39(21-31-43)14-10-12-16-41-24-34-46(35-25-41)50(45-28-18-38(5)19-29-45)47-36-26-42(27-37-47)17-13-11-15-40-22-32-44(33-23-40)49(8-3)9-4/h18-37H,6-17H2,1-5H3. The van der Waals surface area contributed by atoms with Crippen LogP contribution in [-0.4, -0.2) is 26.2 Å². The number of anilines is 5. The first-order valence-electron chi connectivity index (χ1n) is 19.2. The first-order chi connectivity index (χ1) is 24.5. The molecule has 0 amide bonds. The fourth-order valence-electron chi connectivity index (χ4n) is 7.01. The largest absolute Gasteiger partial charge is 0.372 e. The van der Waals surface area contributed by atoms with E-state index in [0.29, 0.717) is 0 Å². The predicted molar refractivity (Wildman–Crippen MR) is 219 cm³/mol. The molecule has 0 N–H and O–H groups in total. The van der Waals surface area contributed by atoms with Gasteiger partial charge in [-0.3, -0.25) is 0 Å². The Morgan fingerprint density at radius 3 is 0.820 bits per heavy atom. The van der Waals surface area contributed by atoms with Crippen molar-refractivity contribution in [1.82, 2.24) is 0 Å². The van der Waals surface area contributed by atoms with E-state index in [1.807, 2.05) is 0 Å². The zero-order chi connectivity index (χ0) is 35.1. The van der Waals surface area contributed by atoms with Gasteiger partial charge in [0.15, 0.2) is 0 Å². The Bertz CT molecular complexity index is 1560. The van der Waals surface area contributed by atoms with Gasteiger partial charge >= 0.3 is 0 Å². The fourth-order valence-corrected chi connectivity index (χ4v) is 7.01. The van der Waals surface area contributed by atoms with Crippen molar-refractivity contribution in [3.8, 4) is 0 Å². The Morgan fingerprint density at radius 1 is 0.320 bits per heavy atom. The Balaban J connectivity index is 1.15. The van der Waals surface area contributed by atoms with Crippen LogP contribution in [0.2, 0.25) is 0 Å². The van der Waals surface area contributed by atoms with Crippen LogP contribution in [0.1, 0.15) is 81.2 Å². The molecule has 262 valence electrons. The topological polar surface area (TPSA) is 9.72 Å². The van der Waals surface area contributed by atoms with Gasteiger partial charge in [0.25, 0.3) is 0 Å². The molecule has 5 rings (SSSR count). The summed E-state index contributed by atoms with van der Waals surface area (Å²) in [6, 6.07) is 45.7. The van der Waals surface area contributed by atoms with Crippen LogP contribution in [0.15, 0.2) is 121 Å². The van der Waals surface area contributed by atoms with Crippen LogP contribution in [0, 0.1) is 6.92 Å². The Labute approximate surface area is 303 Å². The molecule has 0 atom stereocenters. The van der Waals surface area contributed by atoms with Crippen LogP contribution < -0.4 is 14.7 Å². The zero-order valence-corrected chi connectivity index (χ0v) is 31.4. The molecule has 3 heteroatoms. The maximum atomic E-state index is 2.40. The van der Waals surface area contributed by atoms with E-state index >= 15 is 0 Å². The van der Waals surface area contributed by atoms with E-state index in [1.54, 1.807) is 0 Å². The third-order valence-corrected chi connectivity index (χ3v) is 10.2. The molecular weight excluding hydrogens is 607 g/mol. The summed E-state index contributed by atoms with van der Waals surface area (Å²) >= 11 is 0. The second-order valence-electron chi connectivity index (χ2n) is 13.6. The van der Waals surface area contributed by atoms with Gasteiger partial charge in [-0.25, -0.2) is 0 Å². The summed E-state index contributed by atoms with van der Waals surface area (Å²) in [5.74, 6) is 0. The Hall–Kier alpha value is -4.50. The van der Waals surface area contributed by atoms with Crippen molar-refractivity contribution in [1.29, 1.82) is 0 Å². The van der Waals surface area contributed by atoms with E-state index in [-0.39, 0.29) is 0 Å². The van der Waals surface area contributed by atoms with E-state index in [2.05, 4.69) is 171 Å². The molecule has 5 aromatic rings. The molecule has 3 nitrogen and oxygen atoms in total. The molecule has 50 heavy (non-hydrogen) atoms. The van der Waals surface area contributed by atoms with Crippen LogP contribution in [0.4, 0.5) is 28.4 Å². The third kappa shape index (κ3) is 10.3. The third-order valence-electron chi connectivity index (χ3n) is 10.2. The Morgan fingerprint density at radius 2 is 0.560 bits per heavy atom. The number of hydrogen-bond donors (Lipinski definition) is 0. The van der Waals surface area contributed by atoms with Gasteiger partial charge in [0.1, 0.15) is 0 Å². The molecule has 0 spiro atoms. The molecule has 0 saturated carbocycles. The normalized spacial score (nSPS) is 11.1. The maximum absolute atomic E-state index is 2.40. The van der Waals surface area contributed by atoms with Gasteiger partial charge in [0.05, 0.1) is 0 Å². The quantitative estimate of drug-likeness (QED) is 0.0813. The average molecular weight is 666 g/mol. The molecule has 0 bridgehead atoms. The number of rotatable bonds is 19. The summed E-state index contributed by atoms with van der Waals surface area (Å²) in [5, 5.41) is 0. The highest BCUT2D eigenvalue weighted by molar-refractivity contribution is 5.76. The maximum Gasteiger partial charge on any atom is 0.0461 e. The molecule has 0 unspecified atom stereocenters. The molecule has 0 saturated heterocycles. The van der Waals surface area contributed by atoms with Gasteiger partial charge in [-0.15, -0.1) is 0 Å². The SMILES string of the molecule is CCN(CC)c1ccc(CCCCc2ccc(N(c3ccc(C)cc3)c3ccc(CCCCc4ccc(N(CC)CC)cc4)cc3)cc2)cc1. The smallest absolute Gasteiger partial charge is 0.0461 e. The first-order valence-corrected chi connectivity index (χ1v) is 19.2. The summed E-state index contributed by atoms with van der Waals surface area (Å²) in [6.45, 7) is 15.3. The van der Waals surface area contributed by atoms with E-state index in [4.69, 9.17) is 0 Å². The molecule has 0 radical (unpaired) electrons. The van der Waals surface area contributed by atoms with E-state index in [1.165, 1.54) is 81.9 Å². The molecule has 0 aliphatic heterocycles. The van der Waals surface area contributed by atoms with E-state index in [9.17, 15) is 0 Å². The highest BCUT2D eigenvalue weighted by Crippen LogP contribution is 2.35. The lowest BCUT2D eigenvalue weighted by Crippen LogP contribution is -2.21. The van der Waals surface area contributed by atoms with Gasteiger partial charge < -0.3 is 14.7 Å². The second kappa shape index (κ2) is 19.0. The summed E-state index contributed by atoms with van der Waals surface area (Å²) in [5.41, 5.74) is 13.2. The predicted octanol–water partition coefficient (Wildman–Crippen LogP) is 12.3. The van der Waals surface area contributed by atoms with E-state index in [0.717, 1.165) is 51.9 Å². The lowest BCUT2D eigenvalue weighted by Gasteiger charge is -2.26. The summed E-state index contributed by atoms with van der Waals surface area (Å²) < 4.78 is 0. The molecule has 0 aliphatic carbocycles. The minimum Gasteiger partial charge on any atom is -0.372 e. The van der Waals surface area contributed by atoms with E-state index < -0.39 is 0 Å². The number of aryl methyl sites for hydroxylation is 5. The molecule has 5 aromatic carbocycles. The lowest BCUT2D eigenvalue weighted by molar-refractivity contribution is 0.734. The van der Waals surface area contributed by atoms with Gasteiger partial charge in [0, 0.05) is 54.6 Å². The minimum absolute atomic E-state index is 1.05. The summed E-state index contributed by atoms with van der Waals surface area (Å²) in [7, 11) is 0. The van der Waals surface area contributed by atoms with Crippen LogP contribution in [0.3, 0.4) is 0 Å². The van der Waals surface area contributed by atoms with Crippen LogP contribution in [-0.2, 0) is 25.7 Å². The van der Waals surface area contributed by atoms with Gasteiger partial charge in [-0.05, 0) is 169 Å². The lowest BCUT2D eigenvalue weighted by atomic mass is 10.0. The number of hydrogen-bond acceptors (Lipinski definition) is 3. The van der Waals surface area contributed by atoms with Gasteiger partial charge in [-0.1, -0.05) is 66.2 Å². The van der Waals surface area contributed by atoms with Crippen LogP contribution >= 0.6 is 0 Å². The number of nitrogens with zero attached hydrogens (tertiary/aromatic N) is 3. The monoisotopic (exact) mass is 665 g/mol. The molecule has 0 heterocycles. The van der Waals surface area contributed by atoms with Crippen molar-refractivity contribution >= 4 is 28.4 Å². The van der Waals surface area contributed by atoms with Crippen LogP contribution in [0.25, 0.3) is 0 Å². The number of unbranched alkanes of at least 4 members (excludes halogenated alkanes) is 2. The highest BCUT2D eigenvalue weighted by atomic mass is 15.1. The molecule has 0 aromatic heterocycles. The first kappa shape index (κ1) is 36.8. The second-order valence-corrected chi connectivity index (χ2v) is 13.6. The summed E-state index contributed by atoms with van der Waals surface area (Å²) in [4.78, 5) is 7.19. The zero-order valence-electron chi connectivity index (χ0n) is 31.4. The molecule has 0 aliphatic rings. The van der Waals surface area contributed by atoms with Crippen molar-refractivity contribution in [2.45, 2.75) is 86.0 Å². The highest BCUT2D eigenvalue weighted by Gasteiger charge is 2.13. The van der Waals surface area contributed by atoms with Gasteiger partial charge in [0.2, 0.25) is 0 Å². The van der Waals surface area contributed by atoms with Crippen molar-refractivity contribution in [3.05, 3.63) is 149 Å². The van der Waals surface area contributed by atoms with Crippen molar-refractivity contribution in [2.75, 3.05) is 40.9 Å². The molecular formula is C47H59N3. The number of benzene rings is 5. The van der Waals surface area contributed by atoms with Crippen molar-refractivity contribution in [2.24, 2.45) is 0 Å². The average Bonchev–Trinajstić information content (AvgIpc) is 3.16. The van der Waals surface area contributed by atoms with Gasteiger partial charge in [-0.2, -0.15) is 0 Å². The summed E-state index contributed by atoms with van der Waals surface area (Å²) in [6.07, 6.45) is 9.30. The molecule has 0 fully saturated rings. The fraction of sp³-hybridized carbons (Fsp3) is 0.362. The van der Waals surface area contributed by atoms with Crippen molar-refractivity contribution in [3.63, 3.8) is 0 Å².